The lowest BCUT2D eigenvalue weighted by molar-refractivity contribution is 0.272. The van der Waals surface area contributed by atoms with E-state index in [2.05, 4.69) is 6.58 Å². The Balaban J connectivity index is 2.49. The van der Waals surface area contributed by atoms with E-state index < -0.39 is 7.67 Å². The van der Waals surface area contributed by atoms with Gasteiger partial charge in [-0.25, -0.2) is 10.2 Å². The van der Waals surface area contributed by atoms with Gasteiger partial charge in [-0.3, -0.25) is 4.57 Å². The molecule has 0 aliphatic heterocycles. The molecule has 0 aliphatic rings. The molecule has 0 unspecified atom stereocenters. The third kappa shape index (κ3) is 6.52. The van der Waals surface area contributed by atoms with Crippen molar-refractivity contribution in [1.29, 1.82) is 0 Å². The molecule has 0 aromatic heterocycles. The van der Waals surface area contributed by atoms with Crippen LogP contribution in [0.5, 0.6) is 0 Å². The van der Waals surface area contributed by atoms with Gasteiger partial charge in [0, 0.05) is 24.8 Å². The highest BCUT2D eigenvalue weighted by Gasteiger charge is 2.26. The SMILES string of the molecule is C=C(CCO[P@@](N)(=O)N(CCCl)CCCl)c1ccccc1. The molecule has 0 saturated heterocycles. The highest BCUT2D eigenvalue weighted by molar-refractivity contribution is 7.53. The lowest BCUT2D eigenvalue weighted by atomic mass is 10.1. The summed E-state index contributed by atoms with van der Waals surface area (Å²) in [6.45, 7) is 4.99. The first-order chi connectivity index (χ1) is 10.0. The minimum Gasteiger partial charge on any atom is -0.306 e. The zero-order valence-electron chi connectivity index (χ0n) is 11.9. The van der Waals surface area contributed by atoms with Gasteiger partial charge in [0.2, 0.25) is 0 Å². The molecule has 1 aromatic carbocycles. The van der Waals surface area contributed by atoms with Crippen LogP contribution in [0.3, 0.4) is 0 Å². The third-order valence-electron chi connectivity index (χ3n) is 2.94. The van der Waals surface area contributed by atoms with E-state index in [-0.39, 0.29) is 6.61 Å². The average molecular weight is 351 g/mol. The summed E-state index contributed by atoms with van der Waals surface area (Å²) in [7, 11) is -3.36. The standard InChI is InChI=1S/C14H21Cl2N2O2P/c1-13(14-5-3-2-4-6-14)7-12-20-21(17,19)18(10-8-15)11-9-16/h2-6H,1,7-12H2,(H2,17,19)/t21-/m1/s1. The average Bonchev–Trinajstić information content (AvgIpc) is 2.47. The normalized spacial score (nSPS) is 14.1. The summed E-state index contributed by atoms with van der Waals surface area (Å²) >= 11 is 11.3. The minimum atomic E-state index is -3.36. The summed E-state index contributed by atoms with van der Waals surface area (Å²) in [5.74, 6) is 0.635. The summed E-state index contributed by atoms with van der Waals surface area (Å²) in [4.78, 5) is 0. The topological polar surface area (TPSA) is 55.6 Å². The Morgan fingerprint density at radius 2 is 1.81 bits per heavy atom. The van der Waals surface area contributed by atoms with Crippen molar-refractivity contribution in [1.82, 2.24) is 4.67 Å². The summed E-state index contributed by atoms with van der Waals surface area (Å²) in [6.07, 6.45) is 0.556. The number of nitrogens with zero attached hydrogens (tertiary/aromatic N) is 1. The van der Waals surface area contributed by atoms with Gasteiger partial charge in [-0.05, 0) is 17.6 Å². The predicted octanol–water partition coefficient (Wildman–Crippen LogP) is 3.95. The maximum atomic E-state index is 12.3. The van der Waals surface area contributed by atoms with E-state index in [4.69, 9.17) is 33.2 Å². The Kier molecular flexibility index (Phi) is 8.57. The molecule has 0 aliphatic carbocycles. The van der Waals surface area contributed by atoms with Crippen LogP contribution in [0.4, 0.5) is 0 Å². The number of halogens is 2. The van der Waals surface area contributed by atoms with Gasteiger partial charge in [-0.2, -0.15) is 0 Å². The van der Waals surface area contributed by atoms with Crippen LogP contribution in [0.15, 0.2) is 36.9 Å². The molecule has 21 heavy (non-hydrogen) atoms. The largest absolute Gasteiger partial charge is 0.340 e. The number of benzene rings is 1. The van der Waals surface area contributed by atoms with Gasteiger partial charge in [0.05, 0.1) is 6.61 Å². The van der Waals surface area contributed by atoms with E-state index in [0.29, 0.717) is 31.3 Å². The number of alkyl halides is 2. The quantitative estimate of drug-likeness (QED) is 0.512. The predicted molar refractivity (Wildman–Crippen MR) is 90.9 cm³/mol. The molecule has 0 amide bonds. The number of hydrogen-bond donors (Lipinski definition) is 1. The first kappa shape index (κ1) is 18.7. The number of rotatable bonds is 10. The first-order valence-electron chi connectivity index (χ1n) is 6.65. The molecule has 0 spiro atoms. The van der Waals surface area contributed by atoms with E-state index >= 15 is 0 Å². The van der Waals surface area contributed by atoms with Crippen LogP contribution in [0.1, 0.15) is 12.0 Å². The summed E-state index contributed by atoms with van der Waals surface area (Å²) in [6, 6.07) is 9.77. The second-order valence-corrected chi connectivity index (χ2v) is 7.16. The van der Waals surface area contributed by atoms with Crippen molar-refractivity contribution in [2.24, 2.45) is 5.50 Å². The Labute approximate surface area is 136 Å². The molecule has 0 saturated carbocycles. The van der Waals surface area contributed by atoms with Gasteiger partial charge < -0.3 is 4.52 Å². The van der Waals surface area contributed by atoms with E-state index in [1.807, 2.05) is 30.3 Å². The van der Waals surface area contributed by atoms with E-state index in [0.717, 1.165) is 11.1 Å². The lowest BCUT2D eigenvalue weighted by Gasteiger charge is -2.26. The van der Waals surface area contributed by atoms with Crippen LogP contribution in [0.25, 0.3) is 5.57 Å². The van der Waals surface area contributed by atoms with Gasteiger partial charge in [0.15, 0.2) is 0 Å². The van der Waals surface area contributed by atoms with Crippen LogP contribution < -0.4 is 5.50 Å². The Hall–Kier alpha value is -0.350. The molecule has 0 heterocycles. The molecular weight excluding hydrogens is 330 g/mol. The fraction of sp³-hybridized carbons (Fsp3) is 0.429. The maximum absolute atomic E-state index is 12.3. The first-order valence-corrected chi connectivity index (χ1v) is 9.36. The molecule has 1 atom stereocenters. The Morgan fingerprint density at radius 1 is 1.24 bits per heavy atom. The Morgan fingerprint density at radius 3 is 2.33 bits per heavy atom. The fourth-order valence-electron chi connectivity index (χ4n) is 1.79. The van der Waals surface area contributed by atoms with Crippen molar-refractivity contribution in [2.45, 2.75) is 6.42 Å². The smallest absolute Gasteiger partial charge is 0.306 e. The molecule has 0 bridgehead atoms. The maximum Gasteiger partial charge on any atom is 0.340 e. The number of nitrogens with two attached hydrogens (primary N) is 1. The summed E-state index contributed by atoms with van der Waals surface area (Å²) in [5, 5.41) is 0. The van der Waals surface area contributed by atoms with Crippen molar-refractivity contribution in [2.75, 3.05) is 31.5 Å². The van der Waals surface area contributed by atoms with Crippen molar-refractivity contribution in [3.63, 3.8) is 0 Å². The molecule has 1 aromatic rings. The van der Waals surface area contributed by atoms with Crippen LogP contribution in [0, 0.1) is 0 Å². The van der Waals surface area contributed by atoms with E-state index in [1.165, 1.54) is 4.67 Å². The van der Waals surface area contributed by atoms with Crippen LogP contribution in [-0.2, 0) is 9.09 Å². The van der Waals surface area contributed by atoms with Gasteiger partial charge in [0.1, 0.15) is 0 Å². The lowest BCUT2D eigenvalue weighted by Crippen LogP contribution is -2.29. The molecule has 118 valence electrons. The Bertz CT molecular complexity index is 479. The van der Waals surface area contributed by atoms with Crippen molar-refractivity contribution < 1.29 is 9.09 Å². The molecule has 7 heteroatoms. The molecular formula is C14H21Cl2N2O2P. The van der Waals surface area contributed by atoms with Crippen molar-refractivity contribution >= 4 is 36.4 Å². The van der Waals surface area contributed by atoms with Crippen LogP contribution >= 0.6 is 30.9 Å². The van der Waals surface area contributed by atoms with Crippen LogP contribution in [0.2, 0.25) is 0 Å². The zero-order valence-corrected chi connectivity index (χ0v) is 14.3. The second-order valence-electron chi connectivity index (χ2n) is 4.45. The van der Waals surface area contributed by atoms with Gasteiger partial charge >= 0.3 is 7.67 Å². The van der Waals surface area contributed by atoms with Gasteiger partial charge in [-0.1, -0.05) is 36.9 Å². The van der Waals surface area contributed by atoms with E-state index in [1.54, 1.807) is 0 Å². The fourth-order valence-corrected chi connectivity index (χ4v) is 3.70. The zero-order chi connectivity index (χ0) is 15.7. The minimum absolute atomic E-state index is 0.239. The molecule has 0 fully saturated rings. The monoisotopic (exact) mass is 350 g/mol. The van der Waals surface area contributed by atoms with Crippen molar-refractivity contribution in [3.05, 3.63) is 42.5 Å². The summed E-state index contributed by atoms with van der Waals surface area (Å²) in [5.41, 5.74) is 7.72. The van der Waals surface area contributed by atoms with Crippen LogP contribution in [-0.4, -0.2) is 36.1 Å². The molecule has 0 radical (unpaired) electrons. The van der Waals surface area contributed by atoms with Gasteiger partial charge in [-0.15, -0.1) is 23.2 Å². The highest BCUT2D eigenvalue weighted by Crippen LogP contribution is 2.42. The van der Waals surface area contributed by atoms with Crippen molar-refractivity contribution in [3.8, 4) is 0 Å². The third-order valence-corrected chi connectivity index (χ3v) is 5.02. The van der Waals surface area contributed by atoms with E-state index in [9.17, 15) is 4.57 Å². The highest BCUT2D eigenvalue weighted by atomic mass is 35.5. The molecule has 1 rings (SSSR count). The molecule has 4 nitrogen and oxygen atoms in total. The summed E-state index contributed by atoms with van der Waals surface area (Å²) < 4.78 is 19.2. The molecule has 2 N–H and O–H groups in total. The second kappa shape index (κ2) is 9.62. The number of hydrogen-bond acceptors (Lipinski definition) is 2. The van der Waals surface area contributed by atoms with Gasteiger partial charge in [0.25, 0.3) is 0 Å².